The van der Waals surface area contributed by atoms with Crippen molar-refractivity contribution < 1.29 is 8.42 Å². The number of fused-ring (bicyclic) bond motifs is 1. The molecule has 8 heteroatoms. The maximum absolute atomic E-state index is 12.4. The third-order valence-electron chi connectivity index (χ3n) is 3.45. The summed E-state index contributed by atoms with van der Waals surface area (Å²) in [6.07, 6.45) is 1.49. The van der Waals surface area contributed by atoms with Gasteiger partial charge in [-0.3, -0.25) is 0 Å². The lowest BCUT2D eigenvalue weighted by molar-refractivity contribution is 0.520. The maximum atomic E-state index is 12.4. The van der Waals surface area contributed by atoms with Crippen molar-refractivity contribution in [3.05, 3.63) is 41.5 Å². The van der Waals surface area contributed by atoms with Crippen molar-refractivity contribution in [2.45, 2.75) is 11.8 Å². The van der Waals surface area contributed by atoms with Crippen LogP contribution in [0.1, 0.15) is 5.56 Å². The van der Waals surface area contributed by atoms with Crippen molar-refractivity contribution in [2.24, 2.45) is 0 Å². The Morgan fingerprint density at radius 2 is 1.96 bits per heavy atom. The molecule has 0 aliphatic rings. The van der Waals surface area contributed by atoms with E-state index in [1.165, 1.54) is 36.1 Å². The highest BCUT2D eigenvalue weighted by Crippen LogP contribution is 2.29. The molecule has 3 aromatic rings. The molecule has 0 bridgehead atoms. The summed E-state index contributed by atoms with van der Waals surface area (Å²) >= 11 is 1.54. The fourth-order valence-corrected chi connectivity index (χ4v) is 4.10. The summed E-state index contributed by atoms with van der Waals surface area (Å²) in [5.74, 6) is 0.669. The molecule has 2 heterocycles. The Hall–Kier alpha value is -2.03. The van der Waals surface area contributed by atoms with E-state index in [9.17, 15) is 8.42 Å². The fourth-order valence-electron chi connectivity index (χ4n) is 2.17. The van der Waals surface area contributed by atoms with Crippen molar-refractivity contribution >= 4 is 43.1 Å². The van der Waals surface area contributed by atoms with E-state index in [1.54, 1.807) is 19.1 Å². The van der Waals surface area contributed by atoms with Crippen LogP contribution >= 0.6 is 11.3 Å². The SMILES string of the molecule is Cc1ccc(Nc2ncnc3ccsc23)cc1S(=O)(=O)N(C)C. The second kappa shape index (κ2) is 5.88. The van der Waals surface area contributed by atoms with Gasteiger partial charge >= 0.3 is 0 Å². The Bertz CT molecular complexity index is 965. The van der Waals surface area contributed by atoms with Crippen LogP contribution in [0.5, 0.6) is 0 Å². The molecule has 0 fully saturated rings. The smallest absolute Gasteiger partial charge is 0.242 e. The summed E-state index contributed by atoms with van der Waals surface area (Å²) < 4.78 is 27.0. The van der Waals surface area contributed by atoms with Gasteiger partial charge < -0.3 is 5.32 Å². The number of aryl methyl sites for hydroxylation is 1. The number of hydrogen-bond donors (Lipinski definition) is 1. The van der Waals surface area contributed by atoms with Crippen LogP contribution in [0, 0.1) is 6.92 Å². The van der Waals surface area contributed by atoms with Crippen LogP contribution in [-0.4, -0.2) is 36.8 Å². The first-order valence-corrected chi connectivity index (χ1v) is 9.20. The van der Waals surface area contributed by atoms with E-state index < -0.39 is 10.0 Å². The molecule has 0 saturated carbocycles. The van der Waals surface area contributed by atoms with Gasteiger partial charge in [0, 0.05) is 19.8 Å². The molecule has 0 aliphatic heterocycles. The van der Waals surface area contributed by atoms with E-state index in [0.717, 1.165) is 10.2 Å². The third-order valence-corrected chi connectivity index (χ3v) is 6.32. The molecule has 0 saturated heterocycles. The van der Waals surface area contributed by atoms with Gasteiger partial charge in [-0.1, -0.05) is 6.07 Å². The molecule has 0 unspecified atom stereocenters. The van der Waals surface area contributed by atoms with Gasteiger partial charge in [0.05, 0.1) is 15.1 Å². The lowest BCUT2D eigenvalue weighted by atomic mass is 10.2. The highest BCUT2D eigenvalue weighted by atomic mass is 32.2. The molecule has 0 amide bonds. The molecular formula is C15H16N4O2S2. The lowest BCUT2D eigenvalue weighted by Crippen LogP contribution is -2.23. The monoisotopic (exact) mass is 348 g/mol. The summed E-state index contributed by atoms with van der Waals surface area (Å²) in [5, 5.41) is 5.13. The van der Waals surface area contributed by atoms with Gasteiger partial charge in [-0.25, -0.2) is 22.7 Å². The minimum Gasteiger partial charge on any atom is -0.339 e. The molecule has 1 N–H and O–H groups in total. The van der Waals surface area contributed by atoms with E-state index in [0.29, 0.717) is 17.1 Å². The molecule has 1 aromatic carbocycles. The van der Waals surface area contributed by atoms with Crippen molar-refractivity contribution in [3.63, 3.8) is 0 Å². The third kappa shape index (κ3) is 2.92. The number of sulfonamides is 1. The Labute approximate surface area is 138 Å². The van der Waals surface area contributed by atoms with E-state index in [2.05, 4.69) is 15.3 Å². The minimum atomic E-state index is -3.49. The molecule has 0 radical (unpaired) electrons. The number of thiophene rings is 1. The van der Waals surface area contributed by atoms with E-state index >= 15 is 0 Å². The van der Waals surface area contributed by atoms with Crippen molar-refractivity contribution in [2.75, 3.05) is 19.4 Å². The Morgan fingerprint density at radius 3 is 2.70 bits per heavy atom. The maximum Gasteiger partial charge on any atom is 0.242 e. The quantitative estimate of drug-likeness (QED) is 0.784. The average molecular weight is 348 g/mol. The summed E-state index contributed by atoms with van der Waals surface area (Å²) in [6, 6.07) is 7.17. The normalized spacial score (nSPS) is 12.0. The zero-order valence-corrected chi connectivity index (χ0v) is 14.6. The van der Waals surface area contributed by atoms with Crippen LogP contribution in [0.25, 0.3) is 10.2 Å². The van der Waals surface area contributed by atoms with Crippen molar-refractivity contribution in [3.8, 4) is 0 Å². The predicted molar refractivity (Wildman–Crippen MR) is 92.7 cm³/mol. The fraction of sp³-hybridized carbons (Fsp3) is 0.200. The number of hydrogen-bond acceptors (Lipinski definition) is 6. The summed E-state index contributed by atoms with van der Waals surface area (Å²) in [7, 11) is -0.446. The Balaban J connectivity index is 2.04. The van der Waals surface area contributed by atoms with Crippen LogP contribution < -0.4 is 5.32 Å². The predicted octanol–water partition coefficient (Wildman–Crippen LogP) is 2.99. The molecule has 3 rings (SSSR count). The van der Waals surface area contributed by atoms with Crippen LogP contribution in [-0.2, 0) is 10.0 Å². The van der Waals surface area contributed by atoms with Crippen molar-refractivity contribution in [1.29, 1.82) is 0 Å². The summed E-state index contributed by atoms with van der Waals surface area (Å²) in [5.41, 5.74) is 2.23. The molecule has 23 heavy (non-hydrogen) atoms. The molecule has 6 nitrogen and oxygen atoms in total. The van der Waals surface area contributed by atoms with Gasteiger partial charge in [0.25, 0.3) is 0 Å². The first-order valence-electron chi connectivity index (χ1n) is 6.88. The molecule has 2 aromatic heterocycles. The summed E-state index contributed by atoms with van der Waals surface area (Å²) in [4.78, 5) is 8.73. The Morgan fingerprint density at radius 1 is 1.17 bits per heavy atom. The summed E-state index contributed by atoms with van der Waals surface area (Å²) in [6.45, 7) is 1.78. The first kappa shape index (κ1) is 15.9. The number of aromatic nitrogens is 2. The van der Waals surface area contributed by atoms with Crippen LogP contribution in [0.3, 0.4) is 0 Å². The molecular weight excluding hydrogens is 332 g/mol. The molecule has 120 valence electrons. The zero-order chi connectivity index (χ0) is 16.6. The van der Waals surface area contributed by atoms with Crippen LogP contribution in [0.15, 0.2) is 40.9 Å². The van der Waals surface area contributed by atoms with E-state index in [-0.39, 0.29) is 4.90 Å². The van der Waals surface area contributed by atoms with Gasteiger partial charge in [0.1, 0.15) is 6.33 Å². The number of nitrogens with one attached hydrogen (secondary N) is 1. The average Bonchev–Trinajstić information content (AvgIpc) is 2.98. The lowest BCUT2D eigenvalue weighted by Gasteiger charge is -2.15. The highest BCUT2D eigenvalue weighted by molar-refractivity contribution is 7.89. The van der Waals surface area contributed by atoms with E-state index in [4.69, 9.17) is 0 Å². The number of benzene rings is 1. The highest BCUT2D eigenvalue weighted by Gasteiger charge is 2.20. The van der Waals surface area contributed by atoms with Crippen LogP contribution in [0.2, 0.25) is 0 Å². The molecule has 0 atom stereocenters. The number of nitrogens with zero attached hydrogens (tertiary/aromatic N) is 3. The van der Waals surface area contributed by atoms with Crippen molar-refractivity contribution in [1.82, 2.24) is 14.3 Å². The van der Waals surface area contributed by atoms with Gasteiger partial charge in [0.15, 0.2) is 5.82 Å². The zero-order valence-electron chi connectivity index (χ0n) is 12.9. The second-order valence-electron chi connectivity index (χ2n) is 5.25. The number of anilines is 2. The standard InChI is InChI=1S/C15H16N4O2S2/c1-10-4-5-11(8-13(10)23(20,21)19(2)3)18-15-14-12(6-7-22-14)16-9-17-15/h4-9H,1-3H3,(H,16,17,18). The molecule has 0 spiro atoms. The Kier molecular flexibility index (Phi) is 4.05. The molecule has 0 aliphatic carbocycles. The number of rotatable bonds is 4. The van der Waals surface area contributed by atoms with E-state index in [1.807, 2.05) is 17.5 Å². The van der Waals surface area contributed by atoms with Gasteiger partial charge in [-0.15, -0.1) is 11.3 Å². The second-order valence-corrected chi connectivity index (χ2v) is 8.29. The topological polar surface area (TPSA) is 75.2 Å². The minimum absolute atomic E-state index is 0.281. The van der Waals surface area contributed by atoms with Crippen LogP contribution in [0.4, 0.5) is 11.5 Å². The van der Waals surface area contributed by atoms with Gasteiger partial charge in [0.2, 0.25) is 10.0 Å². The van der Waals surface area contributed by atoms with Gasteiger partial charge in [-0.05, 0) is 36.1 Å². The largest absolute Gasteiger partial charge is 0.339 e. The van der Waals surface area contributed by atoms with Gasteiger partial charge in [-0.2, -0.15) is 0 Å². The first-order chi connectivity index (χ1) is 10.9.